The zero-order valence-corrected chi connectivity index (χ0v) is 17.4. The van der Waals surface area contributed by atoms with Crippen molar-refractivity contribution in [3.05, 3.63) is 41.2 Å². The predicted molar refractivity (Wildman–Crippen MR) is 113 cm³/mol. The fourth-order valence-corrected chi connectivity index (χ4v) is 3.29. The second-order valence-electron chi connectivity index (χ2n) is 7.23. The number of imidazole rings is 1. The van der Waals surface area contributed by atoms with E-state index in [-0.39, 0.29) is 5.82 Å². The average molecular weight is 411 g/mol. The topological polar surface area (TPSA) is 115 Å². The fourth-order valence-electron chi connectivity index (χ4n) is 3.29. The maximum absolute atomic E-state index is 13.8. The summed E-state index contributed by atoms with van der Waals surface area (Å²) in [6, 6.07) is 7.92. The summed E-state index contributed by atoms with van der Waals surface area (Å²) in [4.78, 5) is 12.1. The number of nitriles is 1. The molecule has 3 rings (SSSR count). The lowest BCUT2D eigenvalue weighted by Gasteiger charge is -2.12. The Morgan fingerprint density at radius 3 is 2.80 bits per heavy atom. The van der Waals surface area contributed by atoms with Gasteiger partial charge in [-0.3, -0.25) is 0 Å². The van der Waals surface area contributed by atoms with E-state index in [1.165, 1.54) is 0 Å². The molecule has 158 valence electrons. The molecule has 3 aromatic rings. The Balaban J connectivity index is 2.00. The van der Waals surface area contributed by atoms with Gasteiger partial charge in [0.25, 0.3) is 0 Å². The molecule has 0 amide bonds. The van der Waals surface area contributed by atoms with Crippen LogP contribution in [-0.4, -0.2) is 38.7 Å². The molecule has 0 radical (unpaired) electrons. The summed E-state index contributed by atoms with van der Waals surface area (Å²) < 4.78 is 21.3. The molecule has 8 nitrogen and oxygen atoms in total. The van der Waals surface area contributed by atoms with Gasteiger partial charge in [-0.25, -0.2) is 4.98 Å². The van der Waals surface area contributed by atoms with Crippen LogP contribution in [0.4, 0.5) is 10.2 Å². The first-order chi connectivity index (χ1) is 14.4. The smallest absolute Gasteiger partial charge is 0.312 e. The molecule has 0 aliphatic rings. The van der Waals surface area contributed by atoms with Crippen LogP contribution in [0.3, 0.4) is 0 Å². The molecule has 0 saturated heterocycles. The number of hydrogen-bond acceptors (Lipinski definition) is 7. The van der Waals surface area contributed by atoms with Gasteiger partial charge >= 0.3 is 6.08 Å². The second-order valence-corrected chi connectivity index (χ2v) is 7.23. The normalized spacial score (nSPS) is 11.2. The maximum Gasteiger partial charge on any atom is 0.312 e. The van der Waals surface area contributed by atoms with Crippen LogP contribution in [0.25, 0.3) is 11.2 Å². The maximum atomic E-state index is 13.8. The van der Waals surface area contributed by atoms with Crippen molar-refractivity contribution in [2.24, 2.45) is 0 Å². The number of nitrogens with two attached hydrogens (primary N) is 1. The minimum atomic E-state index is -0.885. The summed E-state index contributed by atoms with van der Waals surface area (Å²) >= 11 is 0. The molecule has 1 aromatic carbocycles. The summed E-state index contributed by atoms with van der Waals surface area (Å²) in [6.07, 6.45) is 0.273. The minimum absolute atomic E-state index is 0.00128. The number of nitrogen functional groups attached to an aromatic ring is 1. The lowest BCUT2D eigenvalue weighted by Crippen LogP contribution is -2.24. The SMILES string of the molecule is CCOc1ccc(C#N)c(Cc2nc3c(N)nc(F)nc3n2CCCNC(C)C)c1. The molecule has 0 aliphatic carbocycles. The van der Waals surface area contributed by atoms with E-state index in [0.717, 1.165) is 18.5 Å². The molecule has 30 heavy (non-hydrogen) atoms. The zero-order valence-electron chi connectivity index (χ0n) is 17.4. The minimum Gasteiger partial charge on any atom is -0.494 e. The Hall–Kier alpha value is -3.25. The number of aromatic nitrogens is 4. The highest BCUT2D eigenvalue weighted by atomic mass is 19.1. The standard InChI is InChI=1S/C21H26FN7O/c1-4-30-16-7-6-14(12-23)15(10-16)11-17-26-18-19(24)27-21(22)28-20(18)29(17)9-5-8-25-13(2)3/h6-7,10,13,25H,4-5,8-9,11H2,1-3H3,(H2,24,27,28). The first-order valence-electron chi connectivity index (χ1n) is 10.00. The van der Waals surface area contributed by atoms with E-state index >= 15 is 0 Å². The van der Waals surface area contributed by atoms with Crippen LogP contribution in [0.5, 0.6) is 5.75 Å². The van der Waals surface area contributed by atoms with Gasteiger partial charge in [0.2, 0.25) is 0 Å². The molecular formula is C21H26FN7O. The number of aryl methyl sites for hydroxylation is 1. The molecule has 0 fully saturated rings. The van der Waals surface area contributed by atoms with E-state index in [1.807, 2.05) is 17.6 Å². The quantitative estimate of drug-likeness (QED) is 0.411. The van der Waals surface area contributed by atoms with Crippen LogP contribution in [-0.2, 0) is 13.0 Å². The third-order valence-corrected chi connectivity index (χ3v) is 4.64. The highest BCUT2D eigenvalue weighted by molar-refractivity contribution is 5.82. The third kappa shape index (κ3) is 4.83. The van der Waals surface area contributed by atoms with E-state index < -0.39 is 6.08 Å². The number of fused-ring (bicyclic) bond motifs is 1. The Morgan fingerprint density at radius 2 is 2.10 bits per heavy atom. The Morgan fingerprint density at radius 1 is 1.30 bits per heavy atom. The van der Waals surface area contributed by atoms with Crippen LogP contribution >= 0.6 is 0 Å². The Bertz CT molecular complexity index is 1070. The van der Waals surface area contributed by atoms with Gasteiger partial charge < -0.3 is 20.4 Å². The Labute approximate surface area is 174 Å². The van der Waals surface area contributed by atoms with Crippen LogP contribution in [0.15, 0.2) is 18.2 Å². The third-order valence-electron chi connectivity index (χ3n) is 4.64. The molecule has 0 saturated carbocycles. The first-order valence-corrected chi connectivity index (χ1v) is 10.00. The number of rotatable bonds is 9. The summed E-state index contributed by atoms with van der Waals surface area (Å²) in [5, 5.41) is 12.9. The summed E-state index contributed by atoms with van der Waals surface area (Å²) in [7, 11) is 0. The van der Waals surface area contributed by atoms with Gasteiger partial charge in [-0.2, -0.15) is 19.6 Å². The van der Waals surface area contributed by atoms with E-state index in [1.54, 1.807) is 12.1 Å². The summed E-state index contributed by atoms with van der Waals surface area (Å²) in [6.45, 7) is 7.96. The van der Waals surface area contributed by atoms with Gasteiger partial charge in [0, 0.05) is 19.0 Å². The highest BCUT2D eigenvalue weighted by Crippen LogP contribution is 2.24. The van der Waals surface area contributed by atoms with Gasteiger partial charge in [-0.05, 0) is 43.7 Å². The van der Waals surface area contributed by atoms with Gasteiger partial charge in [0.15, 0.2) is 17.0 Å². The lowest BCUT2D eigenvalue weighted by atomic mass is 10.0. The first kappa shape index (κ1) is 21.5. The fraction of sp³-hybridized carbons (Fsp3) is 0.429. The second kappa shape index (κ2) is 9.50. The molecule has 3 N–H and O–H groups in total. The molecule has 0 spiro atoms. The number of halogens is 1. The number of ether oxygens (including phenoxy) is 1. The summed E-state index contributed by atoms with van der Waals surface area (Å²) in [5.74, 6) is 1.33. The molecule has 0 atom stereocenters. The van der Waals surface area contributed by atoms with Gasteiger partial charge in [-0.1, -0.05) is 13.8 Å². The van der Waals surface area contributed by atoms with Crippen molar-refractivity contribution in [2.75, 3.05) is 18.9 Å². The summed E-state index contributed by atoms with van der Waals surface area (Å²) in [5.41, 5.74) is 7.92. The molecule has 0 unspecified atom stereocenters. The van der Waals surface area contributed by atoms with Crippen LogP contribution in [0.1, 0.15) is 44.1 Å². The molecule has 0 bridgehead atoms. The van der Waals surface area contributed by atoms with E-state index in [9.17, 15) is 9.65 Å². The van der Waals surface area contributed by atoms with Crippen molar-refractivity contribution < 1.29 is 9.13 Å². The van der Waals surface area contributed by atoms with Crippen molar-refractivity contribution in [1.82, 2.24) is 24.8 Å². The molecule has 0 aliphatic heterocycles. The van der Waals surface area contributed by atoms with Gasteiger partial charge in [-0.15, -0.1) is 0 Å². The van der Waals surface area contributed by atoms with Crippen molar-refractivity contribution in [3.63, 3.8) is 0 Å². The van der Waals surface area contributed by atoms with Crippen molar-refractivity contribution in [2.45, 2.75) is 46.2 Å². The Kier molecular flexibility index (Phi) is 6.79. The van der Waals surface area contributed by atoms with E-state index in [2.05, 4.69) is 40.2 Å². The average Bonchev–Trinajstić information content (AvgIpc) is 3.03. The van der Waals surface area contributed by atoms with Crippen LogP contribution in [0, 0.1) is 17.4 Å². The molecule has 2 aromatic heterocycles. The van der Waals surface area contributed by atoms with Gasteiger partial charge in [0.1, 0.15) is 11.6 Å². The van der Waals surface area contributed by atoms with Crippen molar-refractivity contribution in [1.29, 1.82) is 5.26 Å². The number of benzene rings is 1. The predicted octanol–water partition coefficient (Wildman–Crippen LogP) is 2.80. The van der Waals surface area contributed by atoms with Crippen molar-refractivity contribution in [3.8, 4) is 11.8 Å². The van der Waals surface area contributed by atoms with Crippen LogP contribution < -0.4 is 15.8 Å². The lowest BCUT2D eigenvalue weighted by molar-refractivity contribution is 0.340. The molecular weight excluding hydrogens is 385 g/mol. The van der Waals surface area contributed by atoms with E-state index in [0.29, 0.717) is 53.9 Å². The molecule has 2 heterocycles. The zero-order chi connectivity index (χ0) is 21.7. The van der Waals surface area contributed by atoms with Crippen LogP contribution in [0.2, 0.25) is 0 Å². The highest BCUT2D eigenvalue weighted by Gasteiger charge is 2.18. The van der Waals surface area contributed by atoms with Gasteiger partial charge in [0.05, 0.1) is 18.2 Å². The number of hydrogen-bond donors (Lipinski definition) is 2. The van der Waals surface area contributed by atoms with E-state index in [4.69, 9.17) is 10.5 Å². The van der Waals surface area contributed by atoms with Crippen molar-refractivity contribution >= 4 is 17.0 Å². The largest absolute Gasteiger partial charge is 0.494 e. The molecule has 9 heteroatoms. The number of nitrogens with zero attached hydrogens (tertiary/aromatic N) is 5. The monoisotopic (exact) mass is 411 g/mol. The number of nitrogens with one attached hydrogen (secondary N) is 1. The number of anilines is 1.